The molecule has 1 amide bonds. The maximum atomic E-state index is 13.1. The fourth-order valence-electron chi connectivity index (χ4n) is 5.38. The summed E-state index contributed by atoms with van der Waals surface area (Å²) >= 11 is 0. The van der Waals surface area contributed by atoms with E-state index in [0.717, 1.165) is 68.7 Å². The van der Waals surface area contributed by atoms with Gasteiger partial charge in [0.1, 0.15) is 11.9 Å². The number of likely N-dealkylation sites (tertiary alicyclic amines) is 1. The van der Waals surface area contributed by atoms with Crippen molar-refractivity contribution < 1.29 is 14.6 Å². The van der Waals surface area contributed by atoms with Crippen LogP contribution in [0.1, 0.15) is 39.9 Å². The first-order valence-corrected chi connectivity index (χ1v) is 12.3. The number of nitrogens with zero attached hydrogens (tertiary/aromatic N) is 3. The minimum atomic E-state index is -0.548. The van der Waals surface area contributed by atoms with Gasteiger partial charge in [-0.15, -0.1) is 0 Å². The van der Waals surface area contributed by atoms with Gasteiger partial charge in [0.2, 0.25) is 0 Å². The average molecular weight is 450 g/mol. The number of aliphatic hydroxyl groups excluding tert-OH is 1. The first kappa shape index (κ1) is 22.4. The van der Waals surface area contributed by atoms with Crippen molar-refractivity contribution in [2.45, 2.75) is 44.4 Å². The minimum Gasteiger partial charge on any atom is -0.490 e. The van der Waals surface area contributed by atoms with Crippen LogP contribution in [-0.4, -0.2) is 84.2 Å². The topological polar surface area (TPSA) is 56.2 Å². The van der Waals surface area contributed by atoms with E-state index in [0.29, 0.717) is 19.6 Å². The average Bonchev–Trinajstić information content (AvgIpc) is 2.82. The molecule has 0 spiro atoms. The van der Waals surface area contributed by atoms with Crippen LogP contribution in [0.2, 0.25) is 0 Å². The Morgan fingerprint density at radius 2 is 1.73 bits per heavy atom. The minimum absolute atomic E-state index is 0.0186. The molecule has 3 aliphatic heterocycles. The van der Waals surface area contributed by atoms with Crippen molar-refractivity contribution in [1.29, 1.82) is 0 Å². The lowest BCUT2D eigenvalue weighted by molar-refractivity contribution is 0.0492. The van der Waals surface area contributed by atoms with Crippen molar-refractivity contribution in [2.75, 3.05) is 46.3 Å². The van der Waals surface area contributed by atoms with E-state index >= 15 is 0 Å². The number of fused-ring (bicyclic) bond motifs is 2. The Balaban J connectivity index is 1.15. The van der Waals surface area contributed by atoms with Gasteiger partial charge >= 0.3 is 0 Å². The van der Waals surface area contributed by atoms with Crippen molar-refractivity contribution in [3.63, 3.8) is 0 Å². The lowest BCUT2D eigenvalue weighted by Gasteiger charge is -2.34. The SMILES string of the molecule is CN1CCC(Oc2ccc3c(c2)CCN(CC(O)CN2CCc4ccccc4C2)C3=O)CC1. The second-order valence-corrected chi connectivity index (χ2v) is 9.85. The maximum absolute atomic E-state index is 13.1. The third kappa shape index (κ3) is 5.24. The molecular formula is C27H35N3O3. The number of aliphatic hydroxyl groups is 1. The summed E-state index contributed by atoms with van der Waals surface area (Å²) in [5.74, 6) is 0.889. The molecule has 2 aromatic rings. The lowest BCUT2D eigenvalue weighted by Crippen LogP contribution is -2.46. The number of carbonyl (C=O) groups excluding carboxylic acids is 1. The first-order chi connectivity index (χ1) is 16.0. The zero-order valence-corrected chi connectivity index (χ0v) is 19.6. The highest BCUT2D eigenvalue weighted by atomic mass is 16.5. The monoisotopic (exact) mass is 449 g/mol. The summed E-state index contributed by atoms with van der Waals surface area (Å²) in [4.78, 5) is 19.5. The quantitative estimate of drug-likeness (QED) is 0.735. The normalized spacial score (nSPS) is 20.9. The van der Waals surface area contributed by atoms with Crippen LogP contribution in [0.25, 0.3) is 0 Å². The zero-order valence-electron chi connectivity index (χ0n) is 19.6. The van der Waals surface area contributed by atoms with Gasteiger partial charge in [-0.3, -0.25) is 9.69 Å². The Labute approximate surface area is 196 Å². The van der Waals surface area contributed by atoms with Crippen LogP contribution >= 0.6 is 0 Å². The highest BCUT2D eigenvalue weighted by molar-refractivity contribution is 5.97. The third-order valence-electron chi connectivity index (χ3n) is 7.32. The number of β-amino-alcohol motifs (C(OH)–C–C–N with tert-alkyl or cyclic N) is 1. The van der Waals surface area contributed by atoms with E-state index < -0.39 is 6.10 Å². The van der Waals surface area contributed by atoms with Crippen LogP contribution in [0.4, 0.5) is 0 Å². The Kier molecular flexibility index (Phi) is 6.67. The molecule has 33 heavy (non-hydrogen) atoms. The van der Waals surface area contributed by atoms with E-state index in [1.54, 1.807) is 0 Å². The van der Waals surface area contributed by atoms with Gasteiger partial charge in [0, 0.05) is 51.4 Å². The molecule has 0 radical (unpaired) electrons. The Hall–Kier alpha value is -2.41. The molecule has 0 aliphatic carbocycles. The summed E-state index contributed by atoms with van der Waals surface area (Å²) in [5.41, 5.74) is 4.56. The van der Waals surface area contributed by atoms with Crippen LogP contribution < -0.4 is 4.74 Å². The van der Waals surface area contributed by atoms with Crippen LogP contribution in [0.5, 0.6) is 5.75 Å². The molecule has 3 aliphatic rings. The van der Waals surface area contributed by atoms with Crippen LogP contribution in [0.3, 0.4) is 0 Å². The molecule has 176 valence electrons. The van der Waals surface area contributed by atoms with Gasteiger partial charge in [0.15, 0.2) is 0 Å². The van der Waals surface area contributed by atoms with Crippen LogP contribution in [-0.2, 0) is 19.4 Å². The number of hydrogen-bond donors (Lipinski definition) is 1. The van der Waals surface area contributed by atoms with E-state index in [1.807, 2.05) is 23.1 Å². The Bertz CT molecular complexity index is 986. The van der Waals surface area contributed by atoms with Crippen molar-refractivity contribution in [3.05, 3.63) is 64.7 Å². The van der Waals surface area contributed by atoms with Crippen molar-refractivity contribution >= 4 is 5.91 Å². The van der Waals surface area contributed by atoms with Gasteiger partial charge in [-0.1, -0.05) is 24.3 Å². The number of rotatable bonds is 6. The van der Waals surface area contributed by atoms with Crippen molar-refractivity contribution in [3.8, 4) is 5.75 Å². The zero-order chi connectivity index (χ0) is 22.8. The molecule has 0 saturated carbocycles. The summed E-state index contributed by atoms with van der Waals surface area (Å²) < 4.78 is 6.21. The summed E-state index contributed by atoms with van der Waals surface area (Å²) in [6.07, 6.45) is 3.61. The maximum Gasteiger partial charge on any atom is 0.254 e. The van der Waals surface area contributed by atoms with Gasteiger partial charge < -0.3 is 19.6 Å². The van der Waals surface area contributed by atoms with E-state index in [1.165, 1.54) is 11.1 Å². The molecule has 1 fully saturated rings. The highest BCUT2D eigenvalue weighted by Gasteiger charge is 2.28. The molecule has 6 heteroatoms. The highest BCUT2D eigenvalue weighted by Crippen LogP contribution is 2.26. The second-order valence-electron chi connectivity index (χ2n) is 9.85. The standard InChI is InChI=1S/C27H35N3O3/c1-28-12-10-24(11-13-28)33-25-6-7-26-21(16-25)9-15-30(27(26)32)19-23(31)18-29-14-8-20-4-2-3-5-22(20)17-29/h2-7,16,23-24,31H,8-15,17-19H2,1H3. The predicted octanol–water partition coefficient (Wildman–Crippen LogP) is 2.58. The second kappa shape index (κ2) is 9.84. The lowest BCUT2D eigenvalue weighted by atomic mass is 9.98. The number of carbonyl (C=O) groups is 1. The van der Waals surface area contributed by atoms with Gasteiger partial charge in [0.05, 0.1) is 6.10 Å². The van der Waals surface area contributed by atoms with E-state index in [4.69, 9.17) is 4.74 Å². The van der Waals surface area contributed by atoms with Gasteiger partial charge in [0.25, 0.3) is 5.91 Å². The number of piperidine rings is 1. The molecule has 1 unspecified atom stereocenters. The molecule has 3 heterocycles. The summed E-state index contributed by atoms with van der Waals surface area (Å²) in [6, 6.07) is 14.4. The molecule has 5 rings (SSSR count). The molecule has 0 bridgehead atoms. The molecule has 1 atom stereocenters. The van der Waals surface area contributed by atoms with Gasteiger partial charge in [-0.25, -0.2) is 0 Å². The van der Waals surface area contributed by atoms with E-state index in [2.05, 4.69) is 41.1 Å². The molecule has 6 nitrogen and oxygen atoms in total. The number of ether oxygens (including phenoxy) is 1. The number of hydrogen-bond acceptors (Lipinski definition) is 5. The first-order valence-electron chi connectivity index (χ1n) is 12.3. The molecule has 1 saturated heterocycles. The van der Waals surface area contributed by atoms with Crippen molar-refractivity contribution in [2.24, 2.45) is 0 Å². The Morgan fingerprint density at radius 1 is 0.970 bits per heavy atom. The fraction of sp³-hybridized carbons (Fsp3) is 0.519. The largest absolute Gasteiger partial charge is 0.490 e. The summed E-state index contributed by atoms with van der Waals surface area (Å²) in [6.45, 7) is 5.56. The summed E-state index contributed by atoms with van der Waals surface area (Å²) in [5, 5.41) is 10.8. The van der Waals surface area contributed by atoms with Crippen molar-refractivity contribution in [1.82, 2.24) is 14.7 Å². The number of amides is 1. The predicted molar refractivity (Wildman–Crippen MR) is 129 cm³/mol. The van der Waals surface area contributed by atoms with Crippen LogP contribution in [0, 0.1) is 0 Å². The molecule has 0 aromatic heterocycles. The Morgan fingerprint density at radius 3 is 2.55 bits per heavy atom. The smallest absolute Gasteiger partial charge is 0.254 e. The van der Waals surface area contributed by atoms with Crippen LogP contribution in [0.15, 0.2) is 42.5 Å². The fourth-order valence-corrected chi connectivity index (χ4v) is 5.38. The van der Waals surface area contributed by atoms with Gasteiger partial charge in [-0.2, -0.15) is 0 Å². The molecule has 1 N–H and O–H groups in total. The van der Waals surface area contributed by atoms with E-state index in [-0.39, 0.29) is 12.0 Å². The summed E-state index contributed by atoms with van der Waals surface area (Å²) in [7, 11) is 2.15. The number of benzene rings is 2. The molecular weight excluding hydrogens is 414 g/mol. The molecule has 2 aromatic carbocycles. The third-order valence-corrected chi connectivity index (χ3v) is 7.32. The van der Waals surface area contributed by atoms with E-state index in [9.17, 15) is 9.90 Å². The van der Waals surface area contributed by atoms with Gasteiger partial charge in [-0.05, 0) is 67.6 Å².